The first kappa shape index (κ1) is 21.4. The summed E-state index contributed by atoms with van der Waals surface area (Å²) in [6.07, 6.45) is 1.65. The molecule has 0 fully saturated rings. The minimum atomic E-state index is -0.457. The number of nitrogens with zero attached hydrogens (tertiary/aromatic N) is 6. The molecule has 0 bridgehead atoms. The van der Waals surface area contributed by atoms with E-state index in [-0.39, 0.29) is 19.0 Å². The molecule has 4 aromatic rings. The van der Waals surface area contributed by atoms with Gasteiger partial charge >= 0.3 is 5.97 Å². The van der Waals surface area contributed by atoms with E-state index >= 15 is 0 Å². The van der Waals surface area contributed by atoms with Gasteiger partial charge in [-0.05, 0) is 37.6 Å². The van der Waals surface area contributed by atoms with Crippen molar-refractivity contribution in [2.75, 3.05) is 11.9 Å². The first-order valence-electron chi connectivity index (χ1n) is 9.91. The Bertz CT molecular complexity index is 1260. The number of hydrogen-bond acceptors (Lipinski definition) is 8. The molecule has 10 nitrogen and oxygen atoms in total. The van der Waals surface area contributed by atoms with Gasteiger partial charge in [0.1, 0.15) is 5.00 Å². The second-order valence-corrected chi connectivity index (χ2v) is 8.12. The Balaban J connectivity index is 1.47. The zero-order chi connectivity index (χ0) is 22.7. The van der Waals surface area contributed by atoms with Crippen molar-refractivity contribution in [1.29, 1.82) is 0 Å². The van der Waals surface area contributed by atoms with Gasteiger partial charge in [0.2, 0.25) is 5.82 Å². The number of esters is 1. The van der Waals surface area contributed by atoms with Crippen LogP contribution in [0.25, 0.3) is 11.4 Å². The average molecular weight is 452 g/mol. The lowest BCUT2D eigenvalue weighted by atomic mass is 10.1. The van der Waals surface area contributed by atoms with Gasteiger partial charge in [-0.15, -0.1) is 26.3 Å². The molecule has 0 atom stereocenters. The maximum atomic E-state index is 12.7. The number of aromatic nitrogens is 6. The summed E-state index contributed by atoms with van der Waals surface area (Å²) < 4.78 is 6.66. The monoisotopic (exact) mass is 451 g/mol. The van der Waals surface area contributed by atoms with E-state index in [4.69, 9.17) is 4.74 Å². The molecule has 0 aliphatic carbocycles. The third kappa shape index (κ3) is 4.42. The smallest absolute Gasteiger partial charge is 0.341 e. The Hall–Kier alpha value is -3.86. The number of benzene rings is 1. The Kier molecular flexibility index (Phi) is 6.08. The van der Waals surface area contributed by atoms with Crippen LogP contribution in [-0.2, 0) is 11.4 Å². The maximum Gasteiger partial charge on any atom is 0.341 e. The van der Waals surface area contributed by atoms with Crippen LogP contribution in [0.15, 0.2) is 42.6 Å². The third-order valence-electron chi connectivity index (χ3n) is 4.72. The van der Waals surface area contributed by atoms with Gasteiger partial charge in [0.05, 0.1) is 12.2 Å². The summed E-state index contributed by atoms with van der Waals surface area (Å²) >= 11 is 1.33. The van der Waals surface area contributed by atoms with Crippen LogP contribution in [0.2, 0.25) is 0 Å². The van der Waals surface area contributed by atoms with E-state index in [2.05, 4.69) is 25.8 Å². The number of anilines is 1. The molecular weight excluding hydrogens is 430 g/mol. The minimum Gasteiger partial charge on any atom is -0.462 e. The molecule has 3 aromatic heterocycles. The van der Waals surface area contributed by atoms with E-state index in [1.165, 1.54) is 20.8 Å². The van der Waals surface area contributed by atoms with Crippen LogP contribution in [0.5, 0.6) is 0 Å². The molecule has 0 unspecified atom stereocenters. The zero-order valence-corrected chi connectivity index (χ0v) is 18.6. The number of nitrogens with one attached hydrogen (secondary N) is 1. The molecule has 1 aromatic carbocycles. The summed E-state index contributed by atoms with van der Waals surface area (Å²) in [5.41, 5.74) is 2.23. The van der Waals surface area contributed by atoms with E-state index in [0.717, 1.165) is 16.0 Å². The highest BCUT2D eigenvalue weighted by molar-refractivity contribution is 7.16. The molecule has 0 saturated heterocycles. The molecule has 3 heterocycles. The van der Waals surface area contributed by atoms with Crippen molar-refractivity contribution in [1.82, 2.24) is 30.0 Å². The number of aryl methyl sites for hydroxylation is 1. The number of ether oxygens (including phenoxy) is 1. The van der Waals surface area contributed by atoms with E-state index in [0.29, 0.717) is 16.4 Å². The van der Waals surface area contributed by atoms with Crippen LogP contribution in [0.3, 0.4) is 0 Å². The Morgan fingerprint density at radius 3 is 2.66 bits per heavy atom. The largest absolute Gasteiger partial charge is 0.462 e. The molecule has 164 valence electrons. The lowest BCUT2D eigenvalue weighted by molar-refractivity contribution is 0.0527. The van der Waals surface area contributed by atoms with Gasteiger partial charge in [0.15, 0.2) is 12.4 Å². The summed E-state index contributed by atoms with van der Waals surface area (Å²) in [6.45, 7) is 5.91. The Morgan fingerprint density at radius 2 is 1.91 bits per heavy atom. The number of rotatable bonds is 7. The molecule has 0 aliphatic rings. The van der Waals surface area contributed by atoms with Crippen LogP contribution >= 0.6 is 11.3 Å². The Morgan fingerprint density at radius 1 is 1.12 bits per heavy atom. The van der Waals surface area contributed by atoms with Crippen molar-refractivity contribution in [2.24, 2.45) is 0 Å². The van der Waals surface area contributed by atoms with Crippen molar-refractivity contribution >= 4 is 28.2 Å². The lowest BCUT2D eigenvalue weighted by Crippen LogP contribution is -2.17. The summed E-state index contributed by atoms with van der Waals surface area (Å²) in [5, 5.41) is 19.9. The first-order chi connectivity index (χ1) is 15.5. The van der Waals surface area contributed by atoms with Gasteiger partial charge in [-0.25, -0.2) is 9.48 Å². The number of carbonyl (C=O) groups is 2. The molecule has 0 saturated carbocycles. The van der Waals surface area contributed by atoms with Gasteiger partial charge in [-0.2, -0.15) is 5.10 Å². The fourth-order valence-corrected chi connectivity index (χ4v) is 4.07. The predicted molar refractivity (Wildman–Crippen MR) is 119 cm³/mol. The van der Waals surface area contributed by atoms with Gasteiger partial charge < -0.3 is 10.1 Å². The van der Waals surface area contributed by atoms with Crippen molar-refractivity contribution in [3.63, 3.8) is 0 Å². The topological polar surface area (TPSA) is 117 Å². The molecule has 32 heavy (non-hydrogen) atoms. The van der Waals surface area contributed by atoms with E-state index in [1.54, 1.807) is 19.2 Å². The number of hydrogen-bond donors (Lipinski definition) is 1. The number of amides is 1. The Labute approximate surface area is 187 Å². The van der Waals surface area contributed by atoms with E-state index in [1.807, 2.05) is 44.2 Å². The molecule has 1 amide bonds. The van der Waals surface area contributed by atoms with Crippen LogP contribution in [0.1, 0.15) is 38.2 Å². The number of thiophene rings is 1. The quantitative estimate of drug-likeness (QED) is 0.429. The highest BCUT2D eigenvalue weighted by Gasteiger charge is 2.23. The second-order valence-electron chi connectivity index (χ2n) is 6.90. The van der Waals surface area contributed by atoms with Crippen LogP contribution in [0.4, 0.5) is 5.00 Å². The van der Waals surface area contributed by atoms with Gasteiger partial charge in [-0.1, -0.05) is 30.3 Å². The van der Waals surface area contributed by atoms with Crippen LogP contribution in [-0.4, -0.2) is 48.5 Å². The highest BCUT2D eigenvalue weighted by Crippen LogP contribution is 2.33. The molecular formula is C21H21N7O3S. The molecule has 1 N–H and O–H groups in total. The van der Waals surface area contributed by atoms with Crippen molar-refractivity contribution in [3.8, 4) is 11.4 Å². The summed E-state index contributed by atoms with van der Waals surface area (Å²) in [5.74, 6) is -0.376. The fourth-order valence-electron chi connectivity index (χ4n) is 3.03. The second kappa shape index (κ2) is 9.10. The standard InChI is InChI=1S/C21H21N7O3S/c1-4-31-21(30)17-13(2)14(3)32-20(17)22-19(29)16-10-11-27(24-16)12-28-25-18(23-26-28)15-8-6-5-7-9-15/h5-11H,4,12H2,1-3H3,(H,22,29). The van der Waals surface area contributed by atoms with E-state index < -0.39 is 11.9 Å². The van der Waals surface area contributed by atoms with Crippen molar-refractivity contribution in [2.45, 2.75) is 27.4 Å². The van der Waals surface area contributed by atoms with Crippen molar-refractivity contribution in [3.05, 3.63) is 64.3 Å². The highest BCUT2D eigenvalue weighted by atomic mass is 32.1. The van der Waals surface area contributed by atoms with E-state index in [9.17, 15) is 9.59 Å². The summed E-state index contributed by atoms with van der Waals surface area (Å²) in [7, 11) is 0. The fraction of sp³-hybridized carbons (Fsp3) is 0.238. The molecule has 0 radical (unpaired) electrons. The minimum absolute atomic E-state index is 0.193. The molecule has 0 spiro atoms. The lowest BCUT2D eigenvalue weighted by Gasteiger charge is -2.06. The predicted octanol–water partition coefficient (Wildman–Crippen LogP) is 3.15. The summed E-state index contributed by atoms with van der Waals surface area (Å²) in [4.78, 5) is 27.4. The maximum absolute atomic E-state index is 12.7. The van der Waals surface area contributed by atoms with Crippen molar-refractivity contribution < 1.29 is 14.3 Å². The SMILES string of the molecule is CCOC(=O)c1c(NC(=O)c2ccn(Cn3nnc(-c4ccccc4)n3)n2)sc(C)c1C. The molecule has 11 heteroatoms. The van der Waals surface area contributed by atoms with Crippen LogP contribution < -0.4 is 5.32 Å². The summed E-state index contributed by atoms with van der Waals surface area (Å²) in [6, 6.07) is 11.1. The molecule has 0 aliphatic heterocycles. The van der Waals surface area contributed by atoms with Gasteiger partial charge in [0, 0.05) is 16.6 Å². The number of tetrazole rings is 1. The third-order valence-corrected chi connectivity index (χ3v) is 5.84. The molecule has 4 rings (SSSR count). The number of carbonyl (C=O) groups excluding carboxylic acids is 2. The van der Waals surface area contributed by atoms with Gasteiger partial charge in [0.25, 0.3) is 5.91 Å². The van der Waals surface area contributed by atoms with Gasteiger partial charge in [-0.3, -0.25) is 4.79 Å². The first-order valence-corrected chi connectivity index (χ1v) is 10.7. The zero-order valence-electron chi connectivity index (χ0n) is 17.8. The average Bonchev–Trinajstić information content (AvgIpc) is 3.50. The van der Waals surface area contributed by atoms with Crippen LogP contribution in [0, 0.1) is 13.8 Å². The normalized spacial score (nSPS) is 10.8.